The van der Waals surface area contributed by atoms with Crippen LogP contribution in [0.3, 0.4) is 0 Å². The van der Waals surface area contributed by atoms with Gasteiger partial charge in [-0.05, 0) is 47.1 Å². The number of hydrogen-bond donors (Lipinski definition) is 0. The van der Waals surface area contributed by atoms with E-state index in [2.05, 4.69) is 51.1 Å². The topological polar surface area (TPSA) is 37.4 Å². The third-order valence-electron chi connectivity index (χ3n) is 6.56. The molecule has 1 aliphatic rings. The minimum absolute atomic E-state index is 0.0650. The molecule has 3 rings (SSSR count). The first-order valence-electron chi connectivity index (χ1n) is 10.3. The van der Waals surface area contributed by atoms with Crippen LogP contribution in [0, 0.1) is 11.3 Å². The molecular formula is C24H33NO2S. The van der Waals surface area contributed by atoms with Crippen molar-refractivity contribution in [3.63, 3.8) is 0 Å². The Kier molecular flexibility index (Phi) is 5.90. The number of anilines is 1. The van der Waals surface area contributed by atoms with Gasteiger partial charge in [0, 0.05) is 25.7 Å². The largest absolute Gasteiger partial charge is 0.378 e. The summed E-state index contributed by atoms with van der Waals surface area (Å²) in [5.74, 6) is 0.504. The zero-order valence-electron chi connectivity index (χ0n) is 17.8. The lowest BCUT2D eigenvalue weighted by atomic mass is 9.66. The lowest BCUT2D eigenvalue weighted by Crippen LogP contribution is -2.34. The summed E-state index contributed by atoms with van der Waals surface area (Å²) >= 11 is 0. The van der Waals surface area contributed by atoms with Crippen molar-refractivity contribution in [1.82, 2.24) is 0 Å². The van der Waals surface area contributed by atoms with Crippen molar-refractivity contribution >= 4 is 15.5 Å². The van der Waals surface area contributed by atoms with Crippen LogP contribution >= 0.6 is 0 Å². The van der Waals surface area contributed by atoms with Crippen molar-refractivity contribution in [1.29, 1.82) is 0 Å². The molecule has 0 amide bonds. The first kappa shape index (κ1) is 20.9. The van der Waals surface area contributed by atoms with Gasteiger partial charge in [-0.25, -0.2) is 8.42 Å². The van der Waals surface area contributed by atoms with E-state index in [0.717, 1.165) is 30.5 Å². The molecule has 3 nitrogen and oxygen atoms in total. The Labute approximate surface area is 170 Å². The van der Waals surface area contributed by atoms with Gasteiger partial charge in [0.1, 0.15) is 0 Å². The van der Waals surface area contributed by atoms with Gasteiger partial charge in [0.05, 0.1) is 10.6 Å². The molecule has 1 aliphatic heterocycles. The minimum Gasteiger partial charge on any atom is -0.378 e. The monoisotopic (exact) mass is 399 g/mol. The number of sulfone groups is 1. The maximum Gasteiger partial charge on any atom is 0.179 e. The van der Waals surface area contributed by atoms with Crippen LogP contribution in [-0.2, 0) is 9.84 Å². The molecule has 2 aromatic rings. The Hall–Kier alpha value is -1.81. The van der Waals surface area contributed by atoms with Gasteiger partial charge in [-0.3, -0.25) is 0 Å². The quantitative estimate of drug-likeness (QED) is 0.666. The van der Waals surface area contributed by atoms with E-state index >= 15 is 0 Å². The smallest absolute Gasteiger partial charge is 0.179 e. The number of nitrogens with zero attached hydrogens (tertiary/aromatic N) is 1. The predicted molar refractivity (Wildman–Crippen MR) is 118 cm³/mol. The zero-order valence-corrected chi connectivity index (χ0v) is 18.6. The molecule has 1 heterocycles. The van der Waals surface area contributed by atoms with Crippen LogP contribution < -0.4 is 4.90 Å². The number of hydrogen-bond acceptors (Lipinski definition) is 3. The fraction of sp³-hybridized carbons (Fsp3) is 0.500. The second-order valence-electron chi connectivity index (χ2n) is 8.81. The van der Waals surface area contributed by atoms with Crippen molar-refractivity contribution in [2.24, 2.45) is 11.3 Å². The molecule has 3 atom stereocenters. The van der Waals surface area contributed by atoms with E-state index in [-0.39, 0.29) is 23.0 Å². The molecule has 0 bridgehead atoms. The van der Waals surface area contributed by atoms with Gasteiger partial charge in [0.25, 0.3) is 0 Å². The first-order valence-corrected chi connectivity index (χ1v) is 11.9. The SMILES string of the molecule is CCCCC1(C)CS(=O)(=O)c2ccc(N(C)C)cc2C(c2ccccc2)C1C. The molecule has 3 unspecified atom stereocenters. The summed E-state index contributed by atoms with van der Waals surface area (Å²) in [7, 11) is 0.647. The summed E-state index contributed by atoms with van der Waals surface area (Å²) in [5.41, 5.74) is 2.93. The van der Waals surface area contributed by atoms with E-state index in [4.69, 9.17) is 0 Å². The average Bonchev–Trinajstić information content (AvgIpc) is 2.72. The number of fused-ring (bicyclic) bond motifs is 1. The molecule has 0 aliphatic carbocycles. The van der Waals surface area contributed by atoms with Crippen LogP contribution in [0.15, 0.2) is 53.4 Å². The Morgan fingerprint density at radius 1 is 1.11 bits per heavy atom. The molecule has 152 valence electrons. The van der Waals surface area contributed by atoms with Gasteiger partial charge in [0.2, 0.25) is 0 Å². The molecule has 28 heavy (non-hydrogen) atoms. The number of unbranched alkanes of at least 4 members (excludes halogenated alkanes) is 1. The van der Waals surface area contributed by atoms with Gasteiger partial charge >= 0.3 is 0 Å². The fourth-order valence-electron chi connectivity index (χ4n) is 4.66. The summed E-state index contributed by atoms with van der Waals surface area (Å²) in [4.78, 5) is 2.56. The van der Waals surface area contributed by atoms with E-state index in [1.165, 1.54) is 5.56 Å². The van der Waals surface area contributed by atoms with Crippen LogP contribution in [0.1, 0.15) is 57.1 Å². The molecular weight excluding hydrogens is 366 g/mol. The van der Waals surface area contributed by atoms with Crippen LogP contribution in [0.25, 0.3) is 0 Å². The fourth-order valence-corrected chi connectivity index (χ4v) is 6.92. The Bertz CT molecular complexity index is 921. The molecule has 0 radical (unpaired) electrons. The molecule has 0 N–H and O–H groups in total. The summed E-state index contributed by atoms with van der Waals surface area (Å²) in [6.07, 6.45) is 3.06. The molecule has 0 saturated heterocycles. The third kappa shape index (κ3) is 3.84. The van der Waals surface area contributed by atoms with Gasteiger partial charge < -0.3 is 4.90 Å². The van der Waals surface area contributed by atoms with Gasteiger partial charge in [-0.2, -0.15) is 0 Å². The van der Waals surface area contributed by atoms with Crippen molar-refractivity contribution in [3.05, 3.63) is 59.7 Å². The summed E-state index contributed by atoms with van der Waals surface area (Å²) < 4.78 is 26.9. The number of benzene rings is 2. The Morgan fingerprint density at radius 3 is 2.39 bits per heavy atom. The summed E-state index contributed by atoms with van der Waals surface area (Å²) in [6.45, 7) is 6.60. The molecule has 0 fully saturated rings. The highest BCUT2D eigenvalue weighted by Gasteiger charge is 2.45. The highest BCUT2D eigenvalue weighted by molar-refractivity contribution is 7.91. The third-order valence-corrected chi connectivity index (χ3v) is 8.64. The van der Waals surface area contributed by atoms with Gasteiger partial charge in [-0.1, -0.05) is 63.9 Å². The Balaban J connectivity index is 2.27. The van der Waals surface area contributed by atoms with E-state index in [9.17, 15) is 8.42 Å². The van der Waals surface area contributed by atoms with Crippen LogP contribution in [0.4, 0.5) is 5.69 Å². The Morgan fingerprint density at radius 2 is 1.79 bits per heavy atom. The van der Waals surface area contributed by atoms with Crippen LogP contribution in [0.2, 0.25) is 0 Å². The van der Waals surface area contributed by atoms with E-state index in [1.807, 2.05) is 37.2 Å². The van der Waals surface area contributed by atoms with E-state index in [1.54, 1.807) is 0 Å². The van der Waals surface area contributed by atoms with Crippen LogP contribution in [0.5, 0.6) is 0 Å². The predicted octanol–water partition coefficient (Wildman–Crippen LogP) is 5.50. The standard InChI is InChI=1S/C24H33NO2S/c1-6-7-15-24(3)17-28(26,27)22-14-13-20(25(4)5)16-21(22)23(18(24)2)19-11-9-8-10-12-19/h8-14,16,18,23H,6-7,15,17H2,1-5H3. The lowest BCUT2D eigenvalue weighted by molar-refractivity contribution is 0.193. The van der Waals surface area contributed by atoms with E-state index in [0.29, 0.717) is 4.90 Å². The summed E-state index contributed by atoms with van der Waals surface area (Å²) in [6, 6.07) is 16.3. The zero-order chi connectivity index (χ0) is 20.5. The first-order chi connectivity index (χ1) is 13.2. The summed E-state index contributed by atoms with van der Waals surface area (Å²) in [5, 5.41) is 0. The van der Waals surface area contributed by atoms with Crippen molar-refractivity contribution in [2.75, 3.05) is 24.7 Å². The normalized spacial score (nSPS) is 26.3. The highest BCUT2D eigenvalue weighted by Crippen LogP contribution is 2.51. The second kappa shape index (κ2) is 7.90. The molecule has 0 saturated carbocycles. The van der Waals surface area contributed by atoms with Crippen LogP contribution in [-0.4, -0.2) is 28.3 Å². The van der Waals surface area contributed by atoms with Crippen molar-refractivity contribution in [2.45, 2.75) is 50.8 Å². The molecule has 0 spiro atoms. The maximum absolute atomic E-state index is 13.5. The second-order valence-corrected chi connectivity index (χ2v) is 10.8. The lowest BCUT2D eigenvalue weighted by Gasteiger charge is -2.38. The van der Waals surface area contributed by atoms with Gasteiger partial charge in [-0.15, -0.1) is 0 Å². The van der Waals surface area contributed by atoms with E-state index < -0.39 is 9.84 Å². The maximum atomic E-state index is 13.5. The molecule has 4 heteroatoms. The number of rotatable bonds is 5. The average molecular weight is 400 g/mol. The van der Waals surface area contributed by atoms with Crippen molar-refractivity contribution < 1.29 is 8.42 Å². The van der Waals surface area contributed by atoms with Crippen molar-refractivity contribution in [3.8, 4) is 0 Å². The highest BCUT2D eigenvalue weighted by atomic mass is 32.2. The minimum atomic E-state index is -3.35. The molecule has 0 aromatic heterocycles. The molecule has 2 aromatic carbocycles. The van der Waals surface area contributed by atoms with Gasteiger partial charge in [0.15, 0.2) is 9.84 Å².